The van der Waals surface area contributed by atoms with E-state index in [4.69, 9.17) is 4.74 Å². The van der Waals surface area contributed by atoms with Crippen molar-refractivity contribution in [2.75, 3.05) is 7.11 Å². The number of para-hydroxylation sites is 1. The zero-order valence-corrected chi connectivity index (χ0v) is 11.9. The molecule has 0 fully saturated rings. The smallest absolute Gasteiger partial charge is 0.318 e. The largest absolute Gasteiger partial charge is 0.468 e. The highest BCUT2D eigenvalue weighted by Crippen LogP contribution is 2.26. The molecule has 2 heterocycles. The molecule has 0 radical (unpaired) electrons. The maximum atomic E-state index is 11.5. The highest BCUT2D eigenvalue weighted by atomic mass is 32.2. The Labute approximate surface area is 119 Å². The van der Waals surface area contributed by atoms with Crippen molar-refractivity contribution in [3.05, 3.63) is 36.4 Å². The van der Waals surface area contributed by atoms with Crippen LogP contribution in [0.25, 0.3) is 16.6 Å². The number of hydrogen-bond donors (Lipinski definition) is 0. The van der Waals surface area contributed by atoms with Crippen molar-refractivity contribution in [3.63, 3.8) is 0 Å². The Morgan fingerprint density at radius 2 is 2.05 bits per heavy atom. The van der Waals surface area contributed by atoms with Gasteiger partial charge in [-0.2, -0.15) is 0 Å². The molecule has 0 bridgehead atoms. The molecule has 0 unspecified atom stereocenters. The molecular formula is C14H13N3O2S. The summed E-state index contributed by atoms with van der Waals surface area (Å²) in [6, 6.07) is 11.9. The molecule has 2 aromatic heterocycles. The number of thioether (sulfide) groups is 1. The van der Waals surface area contributed by atoms with Crippen LogP contribution in [0.15, 0.2) is 41.6 Å². The molecule has 6 heteroatoms. The Balaban J connectivity index is 2.12. The van der Waals surface area contributed by atoms with Gasteiger partial charge in [-0.1, -0.05) is 30.0 Å². The minimum atomic E-state index is -0.327. The van der Waals surface area contributed by atoms with Crippen LogP contribution in [-0.4, -0.2) is 32.9 Å². The predicted octanol–water partition coefficient (Wildman–Crippen LogP) is 2.54. The minimum absolute atomic E-state index is 0.271. The zero-order valence-electron chi connectivity index (χ0n) is 11.1. The molecule has 0 aliphatic rings. The average Bonchev–Trinajstić information content (AvgIpc) is 2.89. The van der Waals surface area contributed by atoms with Gasteiger partial charge in [0, 0.05) is 0 Å². The average molecular weight is 287 g/mol. The monoisotopic (exact) mass is 287 g/mol. The highest BCUT2D eigenvalue weighted by molar-refractivity contribution is 8.00. The first kappa shape index (κ1) is 12.9. The fraction of sp³-hybridized carbons (Fsp3) is 0.214. The molecule has 0 saturated carbocycles. The number of methoxy groups -OCH3 is 1. The van der Waals surface area contributed by atoms with Crippen molar-refractivity contribution in [1.29, 1.82) is 0 Å². The van der Waals surface area contributed by atoms with E-state index in [0.29, 0.717) is 5.16 Å². The van der Waals surface area contributed by atoms with Crippen LogP contribution in [0.5, 0.6) is 0 Å². The van der Waals surface area contributed by atoms with Gasteiger partial charge < -0.3 is 4.74 Å². The van der Waals surface area contributed by atoms with Crippen molar-refractivity contribution in [2.24, 2.45) is 0 Å². The van der Waals surface area contributed by atoms with Gasteiger partial charge in [-0.15, -0.1) is 10.2 Å². The van der Waals surface area contributed by atoms with Gasteiger partial charge >= 0.3 is 5.97 Å². The third-order valence-electron chi connectivity index (χ3n) is 3.06. The number of carbonyl (C=O) groups excluding carboxylic acids is 1. The Hall–Kier alpha value is -2.08. The molecule has 3 aromatic rings. The van der Waals surface area contributed by atoms with Crippen LogP contribution in [0.2, 0.25) is 0 Å². The summed E-state index contributed by atoms with van der Waals surface area (Å²) in [5.41, 5.74) is 1.79. The van der Waals surface area contributed by atoms with Gasteiger partial charge in [-0.05, 0) is 30.5 Å². The van der Waals surface area contributed by atoms with Crippen molar-refractivity contribution < 1.29 is 9.53 Å². The molecule has 20 heavy (non-hydrogen) atoms. The Bertz CT molecular complexity index is 784. The molecule has 0 N–H and O–H groups in total. The first-order valence-corrected chi connectivity index (χ1v) is 7.06. The number of ether oxygens (including phenoxy) is 1. The number of fused-ring (bicyclic) bond motifs is 3. The maximum absolute atomic E-state index is 11.5. The van der Waals surface area contributed by atoms with Gasteiger partial charge in [0.2, 0.25) is 0 Å². The summed E-state index contributed by atoms with van der Waals surface area (Å²) >= 11 is 1.34. The van der Waals surface area contributed by atoms with Crippen LogP contribution in [-0.2, 0) is 9.53 Å². The summed E-state index contributed by atoms with van der Waals surface area (Å²) in [6.45, 7) is 1.79. The van der Waals surface area contributed by atoms with Crippen LogP contribution in [0, 0.1) is 0 Å². The van der Waals surface area contributed by atoms with Crippen molar-refractivity contribution in [1.82, 2.24) is 14.6 Å². The van der Waals surface area contributed by atoms with Crippen molar-refractivity contribution >= 4 is 34.3 Å². The molecule has 5 nitrogen and oxygen atoms in total. The third-order valence-corrected chi connectivity index (χ3v) is 4.08. The van der Waals surface area contributed by atoms with Gasteiger partial charge in [-0.25, -0.2) is 0 Å². The van der Waals surface area contributed by atoms with E-state index in [1.807, 2.05) is 40.8 Å². The fourth-order valence-corrected chi connectivity index (χ4v) is 2.95. The van der Waals surface area contributed by atoms with Crippen LogP contribution in [0.4, 0.5) is 0 Å². The summed E-state index contributed by atoms with van der Waals surface area (Å²) in [6.07, 6.45) is 0. The van der Waals surface area contributed by atoms with Gasteiger partial charge in [0.05, 0.1) is 12.6 Å². The number of benzene rings is 1. The molecule has 0 saturated heterocycles. The van der Waals surface area contributed by atoms with Crippen molar-refractivity contribution in [2.45, 2.75) is 17.3 Å². The predicted molar refractivity (Wildman–Crippen MR) is 77.8 cm³/mol. The van der Waals surface area contributed by atoms with Crippen molar-refractivity contribution in [3.8, 4) is 0 Å². The second-order valence-electron chi connectivity index (χ2n) is 4.35. The number of esters is 1. The van der Waals surface area contributed by atoms with Gasteiger partial charge in [0.25, 0.3) is 0 Å². The SMILES string of the molecule is COC(=O)[C@@H](C)Sc1nnc2ccc3ccccc3n12. The standard InChI is InChI=1S/C14H13N3O2S/c1-9(13(18)19-2)20-14-16-15-12-8-7-10-5-3-4-6-11(10)17(12)14/h3-9H,1-2H3/t9-/m1/s1. The summed E-state index contributed by atoms with van der Waals surface area (Å²) in [4.78, 5) is 11.5. The van der Waals surface area contributed by atoms with E-state index >= 15 is 0 Å². The summed E-state index contributed by atoms with van der Waals surface area (Å²) in [5.74, 6) is -0.271. The number of hydrogen-bond acceptors (Lipinski definition) is 5. The van der Waals surface area contributed by atoms with Crippen LogP contribution in [0.3, 0.4) is 0 Å². The van der Waals surface area contributed by atoms with Gasteiger partial charge in [-0.3, -0.25) is 9.20 Å². The van der Waals surface area contributed by atoms with Crippen LogP contribution in [0.1, 0.15) is 6.92 Å². The lowest BCUT2D eigenvalue weighted by Gasteiger charge is -2.08. The van der Waals surface area contributed by atoms with E-state index in [-0.39, 0.29) is 11.2 Å². The topological polar surface area (TPSA) is 56.5 Å². The number of rotatable bonds is 3. The highest BCUT2D eigenvalue weighted by Gasteiger charge is 2.19. The lowest BCUT2D eigenvalue weighted by atomic mass is 10.2. The molecule has 0 aliphatic heterocycles. The van der Waals surface area contributed by atoms with Gasteiger partial charge in [0.1, 0.15) is 5.25 Å². The number of aromatic nitrogens is 3. The lowest BCUT2D eigenvalue weighted by Crippen LogP contribution is -2.15. The van der Waals surface area contributed by atoms with E-state index in [1.54, 1.807) is 6.92 Å². The summed E-state index contributed by atoms with van der Waals surface area (Å²) in [5, 5.41) is 9.78. The summed E-state index contributed by atoms with van der Waals surface area (Å²) < 4.78 is 6.70. The normalized spacial score (nSPS) is 12.7. The number of pyridine rings is 1. The summed E-state index contributed by atoms with van der Waals surface area (Å²) in [7, 11) is 1.39. The molecule has 3 rings (SSSR count). The molecule has 1 aromatic carbocycles. The van der Waals surface area contributed by atoms with E-state index in [1.165, 1.54) is 18.9 Å². The van der Waals surface area contributed by atoms with Crippen LogP contribution >= 0.6 is 11.8 Å². The van der Waals surface area contributed by atoms with E-state index in [0.717, 1.165) is 16.6 Å². The minimum Gasteiger partial charge on any atom is -0.468 e. The Morgan fingerprint density at radius 1 is 1.25 bits per heavy atom. The second-order valence-corrected chi connectivity index (χ2v) is 5.66. The van der Waals surface area contributed by atoms with E-state index in [2.05, 4.69) is 10.2 Å². The lowest BCUT2D eigenvalue weighted by molar-refractivity contribution is -0.139. The van der Waals surface area contributed by atoms with E-state index < -0.39 is 0 Å². The molecule has 0 aliphatic carbocycles. The maximum Gasteiger partial charge on any atom is 0.318 e. The molecule has 0 amide bonds. The molecular weight excluding hydrogens is 274 g/mol. The Kier molecular flexibility index (Phi) is 3.31. The first-order valence-electron chi connectivity index (χ1n) is 6.18. The molecule has 102 valence electrons. The quantitative estimate of drug-likeness (QED) is 0.547. The second kappa shape index (κ2) is 5.13. The third kappa shape index (κ3) is 2.12. The molecule has 0 spiro atoms. The number of nitrogens with zero attached hydrogens (tertiary/aromatic N) is 3. The zero-order chi connectivity index (χ0) is 14.1. The first-order chi connectivity index (χ1) is 9.70. The van der Waals surface area contributed by atoms with Gasteiger partial charge in [0.15, 0.2) is 10.8 Å². The van der Waals surface area contributed by atoms with E-state index in [9.17, 15) is 4.79 Å². The fourth-order valence-electron chi connectivity index (χ4n) is 2.06. The molecule has 1 atom stereocenters. The number of carbonyl (C=O) groups is 1. The Morgan fingerprint density at radius 3 is 2.85 bits per heavy atom. The van der Waals surface area contributed by atoms with Crippen LogP contribution < -0.4 is 0 Å².